The standard InChI is InChI=1S/C19H21N/c1-16(20-2)12-14-18-10-6-7-11-19(18)15-13-17-8-4-3-5-9-17/h3-11,16,20H,12,14H2,1-2H3. The second-order valence-corrected chi connectivity index (χ2v) is 5.00. The number of nitrogens with one attached hydrogen (secondary N) is 1. The van der Waals surface area contributed by atoms with Crippen LogP contribution in [0, 0.1) is 11.8 Å². The van der Waals surface area contributed by atoms with Crippen LogP contribution >= 0.6 is 0 Å². The van der Waals surface area contributed by atoms with Crippen molar-refractivity contribution in [3.63, 3.8) is 0 Å². The van der Waals surface area contributed by atoms with Gasteiger partial charge in [0.15, 0.2) is 0 Å². The van der Waals surface area contributed by atoms with Crippen molar-refractivity contribution in [2.24, 2.45) is 0 Å². The first kappa shape index (κ1) is 14.4. The smallest absolute Gasteiger partial charge is 0.0281 e. The largest absolute Gasteiger partial charge is 0.317 e. The Morgan fingerprint density at radius 1 is 0.950 bits per heavy atom. The van der Waals surface area contributed by atoms with Crippen molar-refractivity contribution in [1.82, 2.24) is 5.32 Å². The summed E-state index contributed by atoms with van der Waals surface area (Å²) in [6.07, 6.45) is 2.18. The van der Waals surface area contributed by atoms with Crippen LogP contribution < -0.4 is 5.32 Å². The highest BCUT2D eigenvalue weighted by molar-refractivity contribution is 5.46. The molecule has 0 aromatic heterocycles. The van der Waals surface area contributed by atoms with Crippen LogP contribution in [-0.2, 0) is 6.42 Å². The maximum absolute atomic E-state index is 3.30. The van der Waals surface area contributed by atoms with Crippen molar-refractivity contribution in [2.45, 2.75) is 25.8 Å². The van der Waals surface area contributed by atoms with Gasteiger partial charge in [0, 0.05) is 17.2 Å². The summed E-state index contributed by atoms with van der Waals surface area (Å²) in [6.45, 7) is 2.21. The summed E-state index contributed by atoms with van der Waals surface area (Å²) >= 11 is 0. The van der Waals surface area contributed by atoms with Crippen LogP contribution in [0.3, 0.4) is 0 Å². The number of benzene rings is 2. The van der Waals surface area contributed by atoms with E-state index in [1.807, 2.05) is 37.4 Å². The zero-order valence-electron chi connectivity index (χ0n) is 12.2. The van der Waals surface area contributed by atoms with Crippen molar-refractivity contribution in [3.8, 4) is 11.8 Å². The van der Waals surface area contributed by atoms with Gasteiger partial charge in [0.1, 0.15) is 0 Å². The third kappa shape index (κ3) is 4.26. The van der Waals surface area contributed by atoms with Gasteiger partial charge >= 0.3 is 0 Å². The van der Waals surface area contributed by atoms with Gasteiger partial charge in [-0.3, -0.25) is 0 Å². The predicted molar refractivity (Wildman–Crippen MR) is 85.7 cm³/mol. The van der Waals surface area contributed by atoms with Crippen molar-refractivity contribution in [3.05, 3.63) is 71.3 Å². The highest BCUT2D eigenvalue weighted by atomic mass is 14.8. The van der Waals surface area contributed by atoms with Gasteiger partial charge in [-0.2, -0.15) is 0 Å². The Balaban J connectivity index is 2.14. The highest BCUT2D eigenvalue weighted by Crippen LogP contribution is 2.11. The first-order chi connectivity index (χ1) is 9.79. The van der Waals surface area contributed by atoms with Gasteiger partial charge in [0.25, 0.3) is 0 Å². The number of rotatable bonds is 4. The summed E-state index contributed by atoms with van der Waals surface area (Å²) in [5, 5.41) is 3.28. The van der Waals surface area contributed by atoms with Crippen LogP contribution in [0.1, 0.15) is 30.0 Å². The zero-order valence-corrected chi connectivity index (χ0v) is 12.2. The molecule has 0 bridgehead atoms. The minimum absolute atomic E-state index is 0.533. The lowest BCUT2D eigenvalue weighted by Gasteiger charge is -2.10. The monoisotopic (exact) mass is 263 g/mol. The summed E-state index contributed by atoms with van der Waals surface area (Å²) in [4.78, 5) is 0. The van der Waals surface area contributed by atoms with E-state index < -0.39 is 0 Å². The summed E-state index contributed by atoms with van der Waals surface area (Å²) in [5.74, 6) is 6.54. The summed E-state index contributed by atoms with van der Waals surface area (Å²) in [7, 11) is 2.01. The molecule has 2 rings (SSSR count). The van der Waals surface area contributed by atoms with Crippen LogP contribution in [-0.4, -0.2) is 13.1 Å². The van der Waals surface area contributed by atoms with Gasteiger partial charge < -0.3 is 5.32 Å². The molecule has 0 spiro atoms. The fraction of sp³-hybridized carbons (Fsp3) is 0.263. The first-order valence-electron chi connectivity index (χ1n) is 7.12. The molecule has 1 atom stereocenters. The molecule has 0 aliphatic heterocycles. The zero-order chi connectivity index (χ0) is 14.2. The van der Waals surface area contributed by atoms with Crippen LogP contribution in [0.2, 0.25) is 0 Å². The summed E-state index contributed by atoms with van der Waals surface area (Å²) < 4.78 is 0. The average molecular weight is 263 g/mol. The fourth-order valence-electron chi connectivity index (χ4n) is 2.04. The topological polar surface area (TPSA) is 12.0 Å². The molecule has 2 aromatic carbocycles. The lowest BCUT2D eigenvalue weighted by molar-refractivity contribution is 0.565. The normalized spacial score (nSPS) is 11.5. The van der Waals surface area contributed by atoms with E-state index in [2.05, 4.69) is 48.3 Å². The molecule has 0 heterocycles. The van der Waals surface area contributed by atoms with E-state index in [4.69, 9.17) is 0 Å². The Morgan fingerprint density at radius 3 is 2.40 bits per heavy atom. The molecule has 20 heavy (non-hydrogen) atoms. The van der Waals surface area contributed by atoms with Crippen molar-refractivity contribution < 1.29 is 0 Å². The Morgan fingerprint density at radius 2 is 1.65 bits per heavy atom. The van der Waals surface area contributed by atoms with E-state index in [-0.39, 0.29) is 0 Å². The van der Waals surface area contributed by atoms with Crippen molar-refractivity contribution >= 4 is 0 Å². The highest BCUT2D eigenvalue weighted by Gasteiger charge is 2.02. The van der Waals surface area contributed by atoms with E-state index in [0.717, 1.165) is 24.0 Å². The van der Waals surface area contributed by atoms with Gasteiger partial charge in [-0.1, -0.05) is 48.2 Å². The average Bonchev–Trinajstić information content (AvgIpc) is 2.52. The molecule has 1 N–H and O–H groups in total. The third-order valence-corrected chi connectivity index (χ3v) is 3.47. The molecule has 0 aliphatic rings. The van der Waals surface area contributed by atoms with E-state index >= 15 is 0 Å². The molecule has 0 fully saturated rings. The van der Waals surface area contributed by atoms with Crippen molar-refractivity contribution in [1.29, 1.82) is 0 Å². The second-order valence-electron chi connectivity index (χ2n) is 5.00. The van der Waals surface area contributed by atoms with Gasteiger partial charge in [0.2, 0.25) is 0 Å². The van der Waals surface area contributed by atoms with E-state index in [0.29, 0.717) is 6.04 Å². The summed E-state index contributed by atoms with van der Waals surface area (Å²) in [5.41, 5.74) is 3.53. The van der Waals surface area contributed by atoms with Crippen LogP contribution in [0.4, 0.5) is 0 Å². The van der Waals surface area contributed by atoms with Crippen LogP contribution in [0.5, 0.6) is 0 Å². The molecule has 102 valence electrons. The Hall–Kier alpha value is -2.04. The van der Waals surface area contributed by atoms with Gasteiger partial charge in [-0.15, -0.1) is 0 Å². The van der Waals surface area contributed by atoms with Gasteiger partial charge in [-0.25, -0.2) is 0 Å². The molecule has 0 aliphatic carbocycles. The molecule has 2 aromatic rings. The van der Waals surface area contributed by atoms with Crippen LogP contribution in [0.25, 0.3) is 0 Å². The lowest BCUT2D eigenvalue weighted by atomic mass is 10.0. The number of aryl methyl sites for hydroxylation is 1. The number of hydrogen-bond donors (Lipinski definition) is 1. The van der Waals surface area contributed by atoms with E-state index in [1.54, 1.807) is 0 Å². The van der Waals surface area contributed by atoms with E-state index in [1.165, 1.54) is 5.56 Å². The quantitative estimate of drug-likeness (QED) is 0.831. The van der Waals surface area contributed by atoms with E-state index in [9.17, 15) is 0 Å². The third-order valence-electron chi connectivity index (χ3n) is 3.47. The molecular weight excluding hydrogens is 242 g/mol. The molecule has 1 nitrogen and oxygen atoms in total. The second kappa shape index (κ2) is 7.53. The molecule has 0 amide bonds. The Labute approximate surface area is 122 Å². The Kier molecular flexibility index (Phi) is 5.41. The number of hydrogen-bond acceptors (Lipinski definition) is 1. The predicted octanol–water partition coefficient (Wildman–Crippen LogP) is 3.63. The lowest BCUT2D eigenvalue weighted by Crippen LogP contribution is -2.21. The molecule has 0 radical (unpaired) electrons. The fourth-order valence-corrected chi connectivity index (χ4v) is 2.04. The Bertz CT molecular complexity index is 590. The first-order valence-corrected chi connectivity index (χ1v) is 7.12. The molecule has 1 heteroatoms. The molecular formula is C19H21N. The molecule has 1 unspecified atom stereocenters. The summed E-state index contributed by atoms with van der Waals surface area (Å²) in [6, 6.07) is 19.1. The molecule has 0 saturated carbocycles. The molecule has 0 saturated heterocycles. The minimum Gasteiger partial charge on any atom is -0.317 e. The maximum atomic E-state index is 3.30. The van der Waals surface area contributed by atoms with Crippen LogP contribution in [0.15, 0.2) is 54.6 Å². The minimum atomic E-state index is 0.533. The van der Waals surface area contributed by atoms with Gasteiger partial charge in [0.05, 0.1) is 0 Å². The maximum Gasteiger partial charge on any atom is 0.0281 e. The van der Waals surface area contributed by atoms with Gasteiger partial charge in [-0.05, 0) is 50.6 Å². The SMILES string of the molecule is CNC(C)CCc1ccccc1C#Cc1ccccc1. The van der Waals surface area contributed by atoms with Crippen molar-refractivity contribution in [2.75, 3.05) is 7.05 Å².